The first-order valence-electron chi connectivity index (χ1n) is 8.75. The van der Waals surface area contributed by atoms with Crippen molar-refractivity contribution in [3.8, 4) is 0 Å². The van der Waals surface area contributed by atoms with Crippen molar-refractivity contribution in [1.29, 1.82) is 0 Å². The van der Waals surface area contributed by atoms with Crippen LogP contribution in [0, 0.1) is 24.5 Å². The van der Waals surface area contributed by atoms with Crippen molar-refractivity contribution < 1.29 is 8.78 Å². The van der Waals surface area contributed by atoms with Gasteiger partial charge in [-0.05, 0) is 43.5 Å². The van der Waals surface area contributed by atoms with Crippen LogP contribution in [0.25, 0.3) is 0 Å². The molecular weight excluding hydrogens is 481 g/mol. The molecule has 1 aromatic heterocycles. The summed E-state index contributed by atoms with van der Waals surface area (Å²) < 4.78 is 26.5. The van der Waals surface area contributed by atoms with E-state index >= 15 is 0 Å². The normalized spacial score (nSPS) is 17.0. The Kier molecular flexibility index (Phi) is 8.28. The van der Waals surface area contributed by atoms with Crippen molar-refractivity contribution in [3.05, 3.63) is 51.7 Å². The first kappa shape index (κ1) is 21.9. The second-order valence-corrected chi connectivity index (χ2v) is 7.89. The number of thiophene rings is 1. The van der Waals surface area contributed by atoms with E-state index in [4.69, 9.17) is 0 Å². The number of aryl methyl sites for hydroxylation is 1. The maximum Gasteiger partial charge on any atom is 0.191 e. The van der Waals surface area contributed by atoms with E-state index in [-0.39, 0.29) is 24.0 Å². The predicted molar refractivity (Wildman–Crippen MR) is 119 cm³/mol. The van der Waals surface area contributed by atoms with E-state index in [1.54, 1.807) is 24.5 Å². The summed E-state index contributed by atoms with van der Waals surface area (Å²) in [6, 6.07) is 8.33. The van der Waals surface area contributed by atoms with Crippen LogP contribution in [0.4, 0.5) is 14.5 Å². The Morgan fingerprint density at radius 1 is 1.22 bits per heavy atom. The van der Waals surface area contributed by atoms with Crippen molar-refractivity contribution in [2.24, 2.45) is 10.9 Å². The Labute approximate surface area is 180 Å². The van der Waals surface area contributed by atoms with E-state index in [1.807, 2.05) is 0 Å². The van der Waals surface area contributed by atoms with Gasteiger partial charge in [-0.2, -0.15) is 0 Å². The van der Waals surface area contributed by atoms with E-state index in [1.165, 1.54) is 21.9 Å². The molecule has 1 aromatic carbocycles. The van der Waals surface area contributed by atoms with Crippen LogP contribution >= 0.6 is 35.3 Å². The van der Waals surface area contributed by atoms with Gasteiger partial charge in [0.05, 0.1) is 6.54 Å². The van der Waals surface area contributed by atoms with Gasteiger partial charge in [0.1, 0.15) is 0 Å². The van der Waals surface area contributed by atoms with E-state index in [2.05, 4.69) is 39.6 Å². The molecule has 2 heterocycles. The molecule has 27 heavy (non-hydrogen) atoms. The number of halogens is 3. The molecule has 4 nitrogen and oxygen atoms in total. The van der Waals surface area contributed by atoms with Crippen LogP contribution in [-0.4, -0.2) is 32.6 Å². The molecule has 0 radical (unpaired) electrons. The van der Waals surface area contributed by atoms with Crippen LogP contribution in [0.15, 0.2) is 35.3 Å². The number of nitrogens with one attached hydrogen (secondary N) is 2. The lowest BCUT2D eigenvalue weighted by atomic mass is 10.1. The fourth-order valence-electron chi connectivity index (χ4n) is 3.13. The Balaban J connectivity index is 0.00000261. The highest BCUT2D eigenvalue weighted by atomic mass is 127. The third kappa shape index (κ3) is 6.03. The summed E-state index contributed by atoms with van der Waals surface area (Å²) in [4.78, 5) is 8.93. The van der Waals surface area contributed by atoms with Crippen molar-refractivity contribution in [2.75, 3.05) is 31.6 Å². The highest BCUT2D eigenvalue weighted by Crippen LogP contribution is 2.25. The predicted octanol–water partition coefficient (Wildman–Crippen LogP) is 4.14. The number of benzene rings is 1. The minimum Gasteiger partial charge on any atom is -0.371 e. The number of rotatable bonds is 5. The molecule has 2 aromatic rings. The van der Waals surface area contributed by atoms with Gasteiger partial charge in [-0.25, -0.2) is 8.78 Å². The molecule has 1 atom stereocenters. The highest BCUT2D eigenvalue weighted by Gasteiger charge is 2.23. The molecule has 0 saturated carbocycles. The zero-order chi connectivity index (χ0) is 18.5. The zero-order valence-corrected chi connectivity index (χ0v) is 18.6. The number of anilines is 1. The molecule has 0 aliphatic carbocycles. The summed E-state index contributed by atoms with van der Waals surface area (Å²) in [5, 5.41) is 6.69. The van der Waals surface area contributed by atoms with Crippen molar-refractivity contribution in [1.82, 2.24) is 10.6 Å². The minimum absolute atomic E-state index is 0. The van der Waals surface area contributed by atoms with Crippen LogP contribution in [0.1, 0.15) is 16.2 Å². The summed E-state index contributed by atoms with van der Waals surface area (Å²) in [7, 11) is 1.76. The molecular formula is C19H25F2IN4S. The monoisotopic (exact) mass is 506 g/mol. The van der Waals surface area contributed by atoms with Crippen LogP contribution in [0.2, 0.25) is 0 Å². The maximum atomic E-state index is 13.4. The Morgan fingerprint density at radius 2 is 2.04 bits per heavy atom. The number of guanidine groups is 1. The Hall–Kier alpha value is -1.42. The van der Waals surface area contributed by atoms with Crippen molar-refractivity contribution in [2.45, 2.75) is 19.9 Å². The van der Waals surface area contributed by atoms with Crippen molar-refractivity contribution in [3.63, 3.8) is 0 Å². The summed E-state index contributed by atoms with van der Waals surface area (Å²) in [5.41, 5.74) is 0.738. The lowest BCUT2D eigenvalue weighted by Crippen LogP contribution is -2.39. The lowest BCUT2D eigenvalue weighted by Gasteiger charge is -2.19. The van der Waals surface area contributed by atoms with Crippen LogP contribution in [0.3, 0.4) is 0 Å². The molecule has 1 aliphatic rings. The molecule has 1 unspecified atom stereocenters. The third-order valence-electron chi connectivity index (χ3n) is 4.56. The van der Waals surface area contributed by atoms with E-state index in [9.17, 15) is 8.78 Å². The van der Waals surface area contributed by atoms with Gasteiger partial charge in [-0.15, -0.1) is 35.3 Å². The molecule has 2 N–H and O–H groups in total. The lowest BCUT2D eigenvalue weighted by molar-refractivity contribution is 0.508. The average Bonchev–Trinajstić information content (AvgIpc) is 3.26. The van der Waals surface area contributed by atoms with Crippen LogP contribution in [-0.2, 0) is 6.54 Å². The number of nitrogens with zero attached hydrogens (tertiary/aromatic N) is 2. The molecule has 0 amide bonds. The molecule has 148 valence electrons. The van der Waals surface area contributed by atoms with Crippen molar-refractivity contribution >= 4 is 47.0 Å². The summed E-state index contributed by atoms with van der Waals surface area (Å²) in [5.74, 6) is -0.382. The number of aliphatic imine (C=N–C) groups is 1. The number of hydrogen-bond donors (Lipinski definition) is 2. The summed E-state index contributed by atoms with van der Waals surface area (Å²) in [6.07, 6.45) is 1.01. The highest BCUT2D eigenvalue weighted by molar-refractivity contribution is 14.0. The Bertz CT molecular complexity index is 781. The zero-order valence-electron chi connectivity index (χ0n) is 15.5. The fraction of sp³-hybridized carbons (Fsp3) is 0.421. The van der Waals surface area contributed by atoms with Gasteiger partial charge in [0.25, 0.3) is 0 Å². The topological polar surface area (TPSA) is 39.7 Å². The molecule has 1 aliphatic heterocycles. The minimum atomic E-state index is -0.804. The quantitative estimate of drug-likeness (QED) is 0.364. The smallest absolute Gasteiger partial charge is 0.191 e. The first-order chi connectivity index (χ1) is 12.5. The molecule has 0 bridgehead atoms. The molecule has 8 heteroatoms. The summed E-state index contributed by atoms with van der Waals surface area (Å²) in [6.45, 7) is 5.31. The SMILES string of the molecule is CN=C(NCc1ccc(C)s1)NCC1CCN(c2ccc(F)c(F)c2)C1.I. The van der Waals surface area contributed by atoms with E-state index in [0.717, 1.165) is 44.2 Å². The molecule has 1 saturated heterocycles. The largest absolute Gasteiger partial charge is 0.371 e. The molecule has 1 fully saturated rings. The second-order valence-electron chi connectivity index (χ2n) is 6.52. The summed E-state index contributed by atoms with van der Waals surface area (Å²) >= 11 is 1.77. The number of hydrogen-bond acceptors (Lipinski definition) is 3. The Morgan fingerprint density at radius 3 is 2.70 bits per heavy atom. The van der Waals surface area contributed by atoms with Crippen LogP contribution < -0.4 is 15.5 Å². The average molecular weight is 506 g/mol. The maximum absolute atomic E-state index is 13.4. The standard InChI is InChI=1S/C19H24F2N4S.HI/c1-13-3-5-16(26-13)11-24-19(22-2)23-10-14-7-8-25(12-14)15-4-6-17(20)18(21)9-15;/h3-6,9,14H,7-8,10-12H2,1-2H3,(H2,22,23,24);1H. The van der Waals surface area contributed by atoms with Gasteiger partial charge < -0.3 is 15.5 Å². The van der Waals surface area contributed by atoms with Gasteiger partial charge in [0.15, 0.2) is 17.6 Å². The third-order valence-corrected chi connectivity index (χ3v) is 5.56. The second kappa shape index (κ2) is 10.2. The van der Waals surface area contributed by atoms with Gasteiger partial charge in [-0.3, -0.25) is 4.99 Å². The van der Waals surface area contributed by atoms with E-state index in [0.29, 0.717) is 5.92 Å². The van der Waals surface area contributed by atoms with Gasteiger partial charge in [0.2, 0.25) is 0 Å². The van der Waals surface area contributed by atoms with Gasteiger partial charge in [0, 0.05) is 48.2 Å². The molecule has 0 spiro atoms. The van der Waals surface area contributed by atoms with E-state index < -0.39 is 11.6 Å². The van der Waals surface area contributed by atoms with Crippen LogP contribution in [0.5, 0.6) is 0 Å². The first-order valence-corrected chi connectivity index (χ1v) is 9.56. The van der Waals surface area contributed by atoms with Gasteiger partial charge >= 0.3 is 0 Å². The fourth-order valence-corrected chi connectivity index (χ4v) is 3.96. The molecule has 3 rings (SSSR count). The van der Waals surface area contributed by atoms with Gasteiger partial charge in [-0.1, -0.05) is 0 Å².